The van der Waals surface area contributed by atoms with Crippen LogP contribution in [0.1, 0.15) is 28.1 Å². The first-order chi connectivity index (χ1) is 9.78. The van der Waals surface area contributed by atoms with E-state index in [2.05, 4.69) is 11.4 Å². The molecule has 0 aliphatic heterocycles. The lowest BCUT2D eigenvalue weighted by Gasteiger charge is -2.22. The molecule has 3 nitrogen and oxygen atoms in total. The van der Waals surface area contributed by atoms with Crippen molar-refractivity contribution in [1.82, 2.24) is 4.90 Å². The lowest BCUT2D eigenvalue weighted by Crippen LogP contribution is -2.32. The molecule has 0 N–H and O–H groups in total. The number of carbonyl (C=O) groups is 1. The Bertz CT molecular complexity index is 573. The molecule has 0 saturated heterocycles. The highest BCUT2D eigenvalue weighted by atomic mass is 32.1. The molecule has 104 valence electrons. The van der Waals surface area contributed by atoms with Gasteiger partial charge >= 0.3 is 0 Å². The maximum atomic E-state index is 12.6. The number of carbonyl (C=O) groups excluding carboxylic acids is 1. The van der Waals surface area contributed by atoms with Crippen molar-refractivity contribution < 1.29 is 9.53 Å². The minimum absolute atomic E-state index is 0.114. The first kappa shape index (κ1) is 13.2. The summed E-state index contributed by atoms with van der Waals surface area (Å²) in [6.07, 6.45) is 2.24. The van der Waals surface area contributed by atoms with Crippen LogP contribution in [0.25, 0.3) is 0 Å². The third-order valence-electron chi connectivity index (χ3n) is 3.49. The highest BCUT2D eigenvalue weighted by Gasteiger charge is 2.33. The van der Waals surface area contributed by atoms with E-state index < -0.39 is 0 Å². The number of hydrogen-bond donors (Lipinski definition) is 0. The van der Waals surface area contributed by atoms with Gasteiger partial charge in [0.15, 0.2) is 0 Å². The highest BCUT2D eigenvalue weighted by Crippen LogP contribution is 2.30. The molecule has 1 heterocycles. The predicted molar refractivity (Wildman–Crippen MR) is 80.2 cm³/mol. The smallest absolute Gasteiger partial charge is 0.254 e. The van der Waals surface area contributed by atoms with E-state index in [0.717, 1.165) is 24.2 Å². The standard InChI is InChI=1S/C16H17NO2S/c1-19-14-8-4-12(5-9-14)16(18)17(13-6-7-13)11-15-3-2-10-20-15/h2-5,8-10,13H,6-7,11H2,1H3. The fraction of sp³-hybridized carbons (Fsp3) is 0.312. The molecule has 4 heteroatoms. The van der Waals surface area contributed by atoms with Crippen LogP contribution in [0.3, 0.4) is 0 Å². The predicted octanol–water partition coefficient (Wildman–Crippen LogP) is 3.56. The van der Waals surface area contributed by atoms with Gasteiger partial charge in [0.1, 0.15) is 5.75 Å². The Balaban J connectivity index is 1.77. The van der Waals surface area contributed by atoms with Gasteiger partial charge in [-0.25, -0.2) is 0 Å². The van der Waals surface area contributed by atoms with Crippen LogP contribution in [0.2, 0.25) is 0 Å². The van der Waals surface area contributed by atoms with Gasteiger partial charge in [0, 0.05) is 16.5 Å². The van der Waals surface area contributed by atoms with Crippen molar-refractivity contribution in [2.75, 3.05) is 7.11 Å². The Kier molecular flexibility index (Phi) is 3.74. The van der Waals surface area contributed by atoms with E-state index in [4.69, 9.17) is 4.74 Å². The molecule has 1 amide bonds. The van der Waals surface area contributed by atoms with Gasteiger partial charge in [-0.1, -0.05) is 6.07 Å². The zero-order valence-corrected chi connectivity index (χ0v) is 12.2. The SMILES string of the molecule is COc1ccc(C(=O)N(Cc2cccs2)C2CC2)cc1. The number of hydrogen-bond acceptors (Lipinski definition) is 3. The Hall–Kier alpha value is -1.81. The van der Waals surface area contributed by atoms with Crippen molar-refractivity contribution in [2.24, 2.45) is 0 Å². The van der Waals surface area contributed by atoms with Crippen molar-refractivity contribution in [3.8, 4) is 5.75 Å². The van der Waals surface area contributed by atoms with Gasteiger partial charge in [-0.05, 0) is 48.6 Å². The molecule has 0 bridgehead atoms. The van der Waals surface area contributed by atoms with Crippen molar-refractivity contribution in [2.45, 2.75) is 25.4 Å². The van der Waals surface area contributed by atoms with Crippen molar-refractivity contribution >= 4 is 17.2 Å². The van der Waals surface area contributed by atoms with Crippen molar-refractivity contribution in [1.29, 1.82) is 0 Å². The third kappa shape index (κ3) is 2.85. The Morgan fingerprint density at radius 2 is 2.05 bits per heavy atom. The quantitative estimate of drug-likeness (QED) is 0.841. The summed E-state index contributed by atoms with van der Waals surface area (Å²) >= 11 is 1.70. The van der Waals surface area contributed by atoms with E-state index in [9.17, 15) is 4.79 Å². The fourth-order valence-corrected chi connectivity index (χ4v) is 2.93. The largest absolute Gasteiger partial charge is 0.497 e. The molecule has 3 rings (SSSR count). The number of ether oxygens (including phenoxy) is 1. The highest BCUT2D eigenvalue weighted by molar-refractivity contribution is 7.09. The van der Waals surface area contributed by atoms with Crippen LogP contribution in [-0.4, -0.2) is 24.0 Å². The van der Waals surface area contributed by atoms with Crippen molar-refractivity contribution in [3.63, 3.8) is 0 Å². The summed E-state index contributed by atoms with van der Waals surface area (Å²) in [6, 6.07) is 11.9. The maximum Gasteiger partial charge on any atom is 0.254 e. The molecule has 0 radical (unpaired) electrons. The summed E-state index contributed by atoms with van der Waals surface area (Å²) in [7, 11) is 1.63. The summed E-state index contributed by atoms with van der Waals surface area (Å²) < 4.78 is 5.13. The Labute approximate surface area is 122 Å². The molecular formula is C16H17NO2S. The number of benzene rings is 1. The van der Waals surface area contributed by atoms with Gasteiger partial charge in [-0.2, -0.15) is 0 Å². The molecule has 1 aliphatic carbocycles. The van der Waals surface area contributed by atoms with Gasteiger partial charge in [0.05, 0.1) is 13.7 Å². The summed E-state index contributed by atoms with van der Waals surface area (Å²) in [4.78, 5) is 15.9. The van der Waals surface area contributed by atoms with Gasteiger partial charge < -0.3 is 9.64 Å². The van der Waals surface area contributed by atoms with Gasteiger partial charge in [0.2, 0.25) is 0 Å². The molecule has 0 unspecified atom stereocenters. The molecule has 1 fully saturated rings. The van der Waals surface area contributed by atoms with Gasteiger partial charge in [-0.3, -0.25) is 4.79 Å². The molecular weight excluding hydrogens is 270 g/mol. The molecule has 0 spiro atoms. The number of amides is 1. The second-order valence-electron chi connectivity index (χ2n) is 4.97. The normalized spacial score (nSPS) is 14.1. The molecule has 1 aromatic carbocycles. The summed E-state index contributed by atoms with van der Waals surface area (Å²) in [5.74, 6) is 0.890. The Morgan fingerprint density at radius 1 is 1.30 bits per heavy atom. The second kappa shape index (κ2) is 5.67. The minimum Gasteiger partial charge on any atom is -0.497 e. The van der Waals surface area contributed by atoms with E-state index in [-0.39, 0.29) is 5.91 Å². The molecule has 20 heavy (non-hydrogen) atoms. The fourth-order valence-electron chi connectivity index (χ4n) is 2.22. The molecule has 1 aliphatic rings. The van der Waals surface area contributed by atoms with Gasteiger partial charge in [0.25, 0.3) is 5.91 Å². The minimum atomic E-state index is 0.114. The Morgan fingerprint density at radius 3 is 2.60 bits per heavy atom. The van der Waals surface area contributed by atoms with Crippen LogP contribution >= 0.6 is 11.3 Å². The van der Waals surface area contributed by atoms with Crippen LogP contribution in [-0.2, 0) is 6.54 Å². The summed E-state index contributed by atoms with van der Waals surface area (Å²) in [5.41, 5.74) is 0.731. The van der Waals surface area contributed by atoms with Crippen LogP contribution in [0, 0.1) is 0 Å². The topological polar surface area (TPSA) is 29.5 Å². The van der Waals surface area contributed by atoms with E-state index in [1.807, 2.05) is 35.2 Å². The van der Waals surface area contributed by atoms with Crippen molar-refractivity contribution in [3.05, 3.63) is 52.2 Å². The summed E-state index contributed by atoms with van der Waals surface area (Å²) in [5, 5.41) is 2.05. The average molecular weight is 287 g/mol. The van der Waals surface area contributed by atoms with E-state index in [0.29, 0.717) is 12.6 Å². The number of rotatable bonds is 5. The number of methoxy groups -OCH3 is 1. The van der Waals surface area contributed by atoms with Crippen LogP contribution in [0.4, 0.5) is 0 Å². The van der Waals surface area contributed by atoms with E-state index >= 15 is 0 Å². The van der Waals surface area contributed by atoms with Crippen LogP contribution in [0.5, 0.6) is 5.75 Å². The second-order valence-corrected chi connectivity index (χ2v) is 6.00. The first-order valence-corrected chi connectivity index (χ1v) is 7.63. The first-order valence-electron chi connectivity index (χ1n) is 6.75. The van der Waals surface area contributed by atoms with Crippen LogP contribution < -0.4 is 4.74 Å². The molecule has 1 aromatic heterocycles. The van der Waals surface area contributed by atoms with E-state index in [1.54, 1.807) is 18.4 Å². The number of nitrogens with zero attached hydrogens (tertiary/aromatic N) is 1. The lowest BCUT2D eigenvalue weighted by molar-refractivity contribution is 0.0731. The van der Waals surface area contributed by atoms with E-state index in [1.165, 1.54) is 4.88 Å². The van der Waals surface area contributed by atoms with Gasteiger partial charge in [-0.15, -0.1) is 11.3 Å². The molecule has 2 aromatic rings. The monoisotopic (exact) mass is 287 g/mol. The zero-order valence-electron chi connectivity index (χ0n) is 11.4. The average Bonchev–Trinajstić information content (AvgIpc) is 3.21. The summed E-state index contributed by atoms with van der Waals surface area (Å²) in [6.45, 7) is 0.715. The molecule has 1 saturated carbocycles. The zero-order chi connectivity index (χ0) is 13.9. The lowest BCUT2D eigenvalue weighted by atomic mass is 10.2. The number of thiophene rings is 1. The third-order valence-corrected chi connectivity index (χ3v) is 4.35. The molecule has 0 atom stereocenters. The maximum absolute atomic E-state index is 12.6. The van der Waals surface area contributed by atoms with Crippen LogP contribution in [0.15, 0.2) is 41.8 Å².